The molecule has 6 heteroatoms. The molecular formula is C13H15ClN2O3. The predicted molar refractivity (Wildman–Crippen MR) is 70.9 cm³/mol. The molecule has 0 aromatic heterocycles. The van der Waals surface area contributed by atoms with Crippen LogP contribution in [0.2, 0.25) is 5.02 Å². The lowest BCUT2D eigenvalue weighted by Crippen LogP contribution is -2.41. The summed E-state index contributed by atoms with van der Waals surface area (Å²) in [5.41, 5.74) is 5.47. The molecule has 0 unspecified atom stereocenters. The largest absolute Gasteiger partial charge is 0.507 e. The number of phenolic OH excluding ortho intramolecular Hbond substituents is 1. The van der Waals surface area contributed by atoms with Crippen molar-refractivity contribution in [3.8, 4) is 5.75 Å². The Bertz CT molecular complexity index is 511. The zero-order valence-electron chi connectivity index (χ0n) is 10.3. The molecule has 102 valence electrons. The number of aromatic hydroxyl groups is 1. The van der Waals surface area contributed by atoms with Gasteiger partial charge >= 0.3 is 0 Å². The first-order valence-corrected chi connectivity index (χ1v) is 6.44. The van der Waals surface area contributed by atoms with Crippen LogP contribution in [0, 0.1) is 5.92 Å². The van der Waals surface area contributed by atoms with Crippen LogP contribution in [0.3, 0.4) is 0 Å². The summed E-state index contributed by atoms with van der Waals surface area (Å²) < 4.78 is 0. The van der Waals surface area contributed by atoms with Crippen LogP contribution in [-0.4, -0.2) is 34.9 Å². The van der Waals surface area contributed by atoms with Gasteiger partial charge in [-0.2, -0.15) is 0 Å². The van der Waals surface area contributed by atoms with Gasteiger partial charge in [-0.25, -0.2) is 0 Å². The van der Waals surface area contributed by atoms with Gasteiger partial charge in [0.15, 0.2) is 0 Å². The maximum absolute atomic E-state index is 12.2. The average molecular weight is 283 g/mol. The number of nitrogens with two attached hydrogens (primary N) is 1. The molecule has 0 bridgehead atoms. The quantitative estimate of drug-likeness (QED) is 0.859. The van der Waals surface area contributed by atoms with Crippen molar-refractivity contribution in [1.29, 1.82) is 0 Å². The SMILES string of the molecule is NC(=O)C1CCN(C(=O)c2ccc(Cl)cc2O)CC1. The predicted octanol–water partition coefficient (Wildman–Crippen LogP) is 1.38. The van der Waals surface area contributed by atoms with Crippen molar-refractivity contribution in [2.75, 3.05) is 13.1 Å². The number of amides is 2. The molecule has 1 aliphatic heterocycles. The summed E-state index contributed by atoms with van der Waals surface area (Å²) in [6.07, 6.45) is 1.13. The van der Waals surface area contributed by atoms with Crippen LogP contribution in [0.15, 0.2) is 18.2 Å². The second-order valence-electron chi connectivity index (χ2n) is 4.63. The van der Waals surface area contributed by atoms with Crippen LogP contribution in [0.1, 0.15) is 23.2 Å². The highest BCUT2D eigenvalue weighted by Gasteiger charge is 2.27. The number of phenols is 1. The van der Waals surface area contributed by atoms with Crippen LogP contribution in [-0.2, 0) is 4.79 Å². The van der Waals surface area contributed by atoms with Gasteiger partial charge in [0.2, 0.25) is 5.91 Å². The molecule has 1 saturated heterocycles. The van der Waals surface area contributed by atoms with Crippen LogP contribution in [0.25, 0.3) is 0 Å². The van der Waals surface area contributed by atoms with E-state index in [-0.39, 0.29) is 29.0 Å². The Labute approximate surface area is 116 Å². The van der Waals surface area contributed by atoms with Gasteiger partial charge in [-0.05, 0) is 31.0 Å². The standard InChI is InChI=1S/C13H15ClN2O3/c14-9-1-2-10(11(17)7-9)13(19)16-5-3-8(4-6-16)12(15)18/h1-2,7-8,17H,3-6H2,(H2,15,18). The van der Waals surface area contributed by atoms with Crippen LogP contribution < -0.4 is 5.73 Å². The second-order valence-corrected chi connectivity index (χ2v) is 5.07. The highest BCUT2D eigenvalue weighted by molar-refractivity contribution is 6.30. The smallest absolute Gasteiger partial charge is 0.257 e. The lowest BCUT2D eigenvalue weighted by molar-refractivity contribution is -0.123. The summed E-state index contributed by atoms with van der Waals surface area (Å²) in [7, 11) is 0. The molecule has 0 spiro atoms. The van der Waals surface area contributed by atoms with Gasteiger partial charge in [-0.15, -0.1) is 0 Å². The molecule has 3 N–H and O–H groups in total. The van der Waals surface area contributed by atoms with Crippen LogP contribution in [0.5, 0.6) is 5.75 Å². The molecule has 2 rings (SSSR count). The van der Waals surface area contributed by atoms with Gasteiger partial charge in [-0.1, -0.05) is 11.6 Å². The molecule has 5 nitrogen and oxygen atoms in total. The first kappa shape index (κ1) is 13.7. The Morgan fingerprint density at radius 1 is 1.32 bits per heavy atom. The Morgan fingerprint density at radius 2 is 1.95 bits per heavy atom. The minimum atomic E-state index is -0.318. The van der Waals surface area contributed by atoms with E-state index in [4.69, 9.17) is 17.3 Å². The van der Waals surface area contributed by atoms with Crippen LogP contribution in [0.4, 0.5) is 0 Å². The maximum atomic E-state index is 12.2. The average Bonchev–Trinajstić information content (AvgIpc) is 2.38. The number of primary amides is 1. The van der Waals surface area contributed by atoms with Gasteiger partial charge in [0, 0.05) is 24.0 Å². The molecule has 0 atom stereocenters. The molecule has 1 fully saturated rings. The zero-order chi connectivity index (χ0) is 14.0. The Balaban J connectivity index is 2.07. The Morgan fingerprint density at radius 3 is 2.47 bits per heavy atom. The van der Waals surface area contributed by atoms with Crippen molar-refractivity contribution in [3.05, 3.63) is 28.8 Å². The van der Waals surface area contributed by atoms with Crippen LogP contribution >= 0.6 is 11.6 Å². The fourth-order valence-corrected chi connectivity index (χ4v) is 2.39. The monoisotopic (exact) mass is 282 g/mol. The molecule has 0 aliphatic carbocycles. The summed E-state index contributed by atoms with van der Waals surface area (Å²) >= 11 is 5.73. The number of benzene rings is 1. The number of halogens is 1. The van der Waals surface area contributed by atoms with Gasteiger partial charge in [0.1, 0.15) is 5.75 Å². The lowest BCUT2D eigenvalue weighted by atomic mass is 9.96. The third kappa shape index (κ3) is 2.98. The van der Waals surface area contributed by atoms with Crippen molar-refractivity contribution >= 4 is 23.4 Å². The molecule has 0 radical (unpaired) electrons. The number of piperidine rings is 1. The number of hydrogen-bond donors (Lipinski definition) is 2. The topological polar surface area (TPSA) is 83.6 Å². The molecule has 1 heterocycles. The first-order valence-electron chi connectivity index (χ1n) is 6.06. The van der Waals surface area contributed by atoms with Crippen molar-refractivity contribution in [3.63, 3.8) is 0 Å². The van der Waals surface area contributed by atoms with E-state index in [0.29, 0.717) is 31.0 Å². The minimum Gasteiger partial charge on any atom is -0.507 e. The number of hydrogen-bond acceptors (Lipinski definition) is 3. The number of nitrogens with zero attached hydrogens (tertiary/aromatic N) is 1. The molecule has 1 aromatic carbocycles. The fraction of sp³-hybridized carbons (Fsp3) is 0.385. The summed E-state index contributed by atoms with van der Waals surface area (Å²) in [6.45, 7) is 0.934. The van der Waals surface area contributed by atoms with E-state index in [9.17, 15) is 14.7 Å². The summed E-state index contributed by atoms with van der Waals surface area (Å²) in [5, 5.41) is 10.1. The zero-order valence-corrected chi connectivity index (χ0v) is 11.1. The number of likely N-dealkylation sites (tertiary alicyclic amines) is 1. The summed E-state index contributed by atoms with van der Waals surface area (Å²) in [4.78, 5) is 24.9. The number of carbonyl (C=O) groups excluding carboxylic acids is 2. The molecular weight excluding hydrogens is 268 g/mol. The van der Waals surface area contributed by atoms with E-state index in [1.54, 1.807) is 11.0 Å². The highest BCUT2D eigenvalue weighted by Crippen LogP contribution is 2.25. The van der Waals surface area contributed by atoms with E-state index < -0.39 is 0 Å². The fourth-order valence-electron chi connectivity index (χ4n) is 2.22. The van der Waals surface area contributed by atoms with Crippen molar-refractivity contribution < 1.29 is 14.7 Å². The van der Waals surface area contributed by atoms with Gasteiger partial charge in [0.25, 0.3) is 5.91 Å². The van der Waals surface area contributed by atoms with Crippen molar-refractivity contribution in [1.82, 2.24) is 4.90 Å². The number of rotatable bonds is 2. The van der Waals surface area contributed by atoms with E-state index in [1.807, 2.05) is 0 Å². The third-order valence-corrected chi connectivity index (χ3v) is 3.61. The maximum Gasteiger partial charge on any atom is 0.257 e. The second kappa shape index (κ2) is 5.48. The van der Waals surface area contributed by atoms with Gasteiger partial charge in [-0.3, -0.25) is 9.59 Å². The summed E-state index contributed by atoms with van der Waals surface area (Å²) in [6, 6.07) is 4.40. The third-order valence-electron chi connectivity index (χ3n) is 3.37. The molecule has 1 aliphatic rings. The van der Waals surface area contributed by atoms with Gasteiger partial charge in [0.05, 0.1) is 5.56 Å². The van der Waals surface area contributed by atoms with E-state index in [2.05, 4.69) is 0 Å². The van der Waals surface area contributed by atoms with E-state index in [1.165, 1.54) is 12.1 Å². The highest BCUT2D eigenvalue weighted by atomic mass is 35.5. The summed E-state index contributed by atoms with van der Waals surface area (Å²) in [5.74, 6) is -0.865. The van der Waals surface area contributed by atoms with Gasteiger partial charge < -0.3 is 15.7 Å². The Hall–Kier alpha value is -1.75. The Kier molecular flexibility index (Phi) is 3.95. The van der Waals surface area contributed by atoms with E-state index >= 15 is 0 Å². The van der Waals surface area contributed by atoms with Crippen molar-refractivity contribution in [2.24, 2.45) is 11.7 Å². The minimum absolute atomic E-state index is 0.130. The molecule has 2 amide bonds. The van der Waals surface area contributed by atoms with E-state index in [0.717, 1.165) is 0 Å². The normalized spacial score (nSPS) is 16.4. The molecule has 19 heavy (non-hydrogen) atoms. The van der Waals surface area contributed by atoms with Crippen molar-refractivity contribution in [2.45, 2.75) is 12.8 Å². The lowest BCUT2D eigenvalue weighted by Gasteiger charge is -2.30. The number of carbonyl (C=O) groups is 2. The molecule has 1 aromatic rings. The molecule has 0 saturated carbocycles. The first-order chi connectivity index (χ1) is 8.99.